The number of nitrogens with zero attached hydrogens (tertiary/aromatic N) is 2. The molecule has 0 saturated carbocycles. The third-order valence-corrected chi connectivity index (χ3v) is 4.66. The summed E-state index contributed by atoms with van der Waals surface area (Å²) < 4.78 is 10.3. The molecule has 0 fully saturated rings. The standard InChI is InChI=1S/C9H7BrN2O2.C9H8N2O3/c1-14-9(13)7-6(10)5-3-2-4-11-8(5)12-7;1-14-7-5-3-2-4-10-8(5)11-6(7)9(12)13/h2-4H,1H3,(H,11,12);2-4H,1H3,(H,10,11)(H,12,13). The number of carbonyl (C=O) groups is 2. The molecule has 0 unspecified atom stereocenters. The van der Waals surface area contributed by atoms with Crippen molar-refractivity contribution in [2.24, 2.45) is 0 Å². The summed E-state index contributed by atoms with van der Waals surface area (Å²) in [4.78, 5) is 35.7. The Kier molecular flexibility index (Phi) is 5.59. The van der Waals surface area contributed by atoms with Gasteiger partial charge in [0, 0.05) is 17.8 Å². The second-order valence-corrected chi connectivity index (χ2v) is 6.24. The van der Waals surface area contributed by atoms with Crippen molar-refractivity contribution in [3.8, 4) is 5.75 Å². The third-order valence-electron chi connectivity index (χ3n) is 3.84. The molecule has 0 radical (unpaired) electrons. The van der Waals surface area contributed by atoms with Crippen molar-refractivity contribution in [1.29, 1.82) is 0 Å². The Morgan fingerprint density at radius 2 is 1.57 bits per heavy atom. The second kappa shape index (κ2) is 8.09. The molecule has 0 aliphatic carbocycles. The van der Waals surface area contributed by atoms with Gasteiger partial charge in [-0.25, -0.2) is 19.6 Å². The van der Waals surface area contributed by atoms with E-state index in [1.165, 1.54) is 14.2 Å². The molecule has 144 valence electrons. The van der Waals surface area contributed by atoms with Gasteiger partial charge in [0.1, 0.15) is 17.0 Å². The summed E-state index contributed by atoms with van der Waals surface area (Å²) in [5.74, 6) is -1.14. The number of H-pyrrole nitrogens is 2. The summed E-state index contributed by atoms with van der Waals surface area (Å²) in [5.41, 5.74) is 1.60. The lowest BCUT2D eigenvalue weighted by molar-refractivity contribution is 0.0593. The normalized spacial score (nSPS) is 10.4. The van der Waals surface area contributed by atoms with Crippen LogP contribution in [0, 0.1) is 0 Å². The summed E-state index contributed by atoms with van der Waals surface area (Å²) in [5, 5.41) is 10.4. The van der Waals surface area contributed by atoms with Crippen molar-refractivity contribution in [3.63, 3.8) is 0 Å². The number of carboxylic acids is 1. The van der Waals surface area contributed by atoms with Gasteiger partial charge in [-0.05, 0) is 40.2 Å². The number of aromatic amines is 2. The number of ether oxygens (including phenoxy) is 2. The van der Waals surface area contributed by atoms with Crippen molar-refractivity contribution < 1.29 is 24.2 Å². The lowest BCUT2D eigenvalue weighted by Crippen LogP contribution is -2.01. The molecule has 4 aromatic rings. The topological polar surface area (TPSA) is 130 Å². The number of nitrogens with one attached hydrogen (secondary N) is 2. The lowest BCUT2D eigenvalue weighted by Gasteiger charge is -1.97. The zero-order valence-electron chi connectivity index (χ0n) is 14.8. The molecule has 4 heterocycles. The van der Waals surface area contributed by atoms with Gasteiger partial charge in [-0.1, -0.05) is 0 Å². The van der Waals surface area contributed by atoms with Gasteiger partial charge in [-0.3, -0.25) is 0 Å². The average Bonchev–Trinajstić information content (AvgIpc) is 3.26. The molecule has 0 aliphatic rings. The van der Waals surface area contributed by atoms with Gasteiger partial charge >= 0.3 is 11.9 Å². The van der Waals surface area contributed by atoms with Gasteiger partial charge in [0.05, 0.1) is 24.1 Å². The summed E-state index contributed by atoms with van der Waals surface area (Å²) in [6, 6.07) is 7.16. The van der Waals surface area contributed by atoms with Crippen LogP contribution in [0.4, 0.5) is 0 Å². The van der Waals surface area contributed by atoms with Gasteiger partial charge in [0.2, 0.25) is 0 Å². The predicted molar refractivity (Wildman–Crippen MR) is 105 cm³/mol. The highest BCUT2D eigenvalue weighted by Gasteiger charge is 2.18. The molecule has 0 aliphatic heterocycles. The van der Waals surface area contributed by atoms with Gasteiger partial charge in [0.25, 0.3) is 0 Å². The van der Waals surface area contributed by atoms with E-state index >= 15 is 0 Å². The van der Waals surface area contributed by atoms with Crippen molar-refractivity contribution >= 4 is 49.9 Å². The van der Waals surface area contributed by atoms with E-state index in [0.717, 1.165) is 5.39 Å². The first-order valence-electron chi connectivity index (χ1n) is 7.92. The number of halogens is 1. The fraction of sp³-hybridized carbons (Fsp3) is 0.111. The third kappa shape index (κ3) is 3.54. The molecule has 0 bridgehead atoms. The van der Waals surface area contributed by atoms with Crippen LogP contribution in [0.2, 0.25) is 0 Å². The second-order valence-electron chi connectivity index (χ2n) is 5.44. The Hall–Kier alpha value is -3.40. The van der Waals surface area contributed by atoms with Crippen LogP contribution < -0.4 is 4.74 Å². The molecular weight excluding hydrogens is 432 g/mol. The molecule has 0 atom stereocenters. The molecule has 0 spiro atoms. The van der Waals surface area contributed by atoms with Gasteiger partial charge in [-0.2, -0.15) is 0 Å². The van der Waals surface area contributed by atoms with E-state index in [1.807, 2.05) is 12.1 Å². The van der Waals surface area contributed by atoms with Crippen LogP contribution in [0.3, 0.4) is 0 Å². The van der Waals surface area contributed by atoms with Crippen LogP contribution in [0.5, 0.6) is 5.75 Å². The van der Waals surface area contributed by atoms with Crippen LogP contribution in [0.15, 0.2) is 41.1 Å². The van der Waals surface area contributed by atoms with E-state index < -0.39 is 11.9 Å². The van der Waals surface area contributed by atoms with Crippen LogP contribution in [-0.2, 0) is 4.74 Å². The number of hydrogen-bond acceptors (Lipinski definition) is 6. The van der Waals surface area contributed by atoms with E-state index in [-0.39, 0.29) is 5.69 Å². The molecule has 28 heavy (non-hydrogen) atoms. The molecule has 4 rings (SSSR count). The Morgan fingerprint density at radius 3 is 2.11 bits per heavy atom. The van der Waals surface area contributed by atoms with Gasteiger partial charge in [0.15, 0.2) is 11.4 Å². The maximum Gasteiger partial charge on any atom is 0.356 e. The van der Waals surface area contributed by atoms with E-state index in [2.05, 4.69) is 40.6 Å². The fourth-order valence-corrected chi connectivity index (χ4v) is 3.17. The molecule has 10 heteroatoms. The van der Waals surface area contributed by atoms with Gasteiger partial charge in [-0.15, -0.1) is 0 Å². The average molecular weight is 447 g/mol. The first-order valence-corrected chi connectivity index (χ1v) is 8.71. The molecule has 0 amide bonds. The first kappa shape index (κ1) is 19.4. The number of aromatic nitrogens is 4. The van der Waals surface area contributed by atoms with Crippen molar-refractivity contribution in [3.05, 3.63) is 52.5 Å². The number of aromatic carboxylic acids is 1. The summed E-state index contributed by atoms with van der Waals surface area (Å²) in [6.45, 7) is 0. The SMILES string of the molecule is COC(=O)c1[nH]c2ncccc2c1Br.COc1c(C(=O)O)[nH]c2ncccc12. The van der Waals surface area contributed by atoms with Crippen LogP contribution >= 0.6 is 15.9 Å². The number of esters is 1. The lowest BCUT2D eigenvalue weighted by atomic mass is 10.3. The van der Waals surface area contributed by atoms with Crippen LogP contribution in [0.1, 0.15) is 21.0 Å². The highest BCUT2D eigenvalue weighted by atomic mass is 79.9. The predicted octanol–water partition coefficient (Wildman–Crippen LogP) is 3.38. The summed E-state index contributed by atoms with van der Waals surface area (Å²) in [6.07, 6.45) is 3.25. The zero-order valence-corrected chi connectivity index (χ0v) is 16.4. The number of methoxy groups -OCH3 is 2. The summed E-state index contributed by atoms with van der Waals surface area (Å²) >= 11 is 3.32. The van der Waals surface area contributed by atoms with Crippen LogP contribution in [0.25, 0.3) is 22.1 Å². The minimum Gasteiger partial charge on any atom is -0.494 e. The molecular formula is C18H15BrN4O5. The molecule has 4 aromatic heterocycles. The van der Waals surface area contributed by atoms with E-state index in [0.29, 0.717) is 32.6 Å². The van der Waals surface area contributed by atoms with Crippen molar-refractivity contribution in [2.75, 3.05) is 14.2 Å². The highest BCUT2D eigenvalue weighted by Crippen LogP contribution is 2.28. The number of rotatable bonds is 3. The molecule has 9 nitrogen and oxygen atoms in total. The van der Waals surface area contributed by atoms with E-state index in [9.17, 15) is 9.59 Å². The van der Waals surface area contributed by atoms with E-state index in [1.54, 1.807) is 24.5 Å². The smallest absolute Gasteiger partial charge is 0.356 e. The Morgan fingerprint density at radius 1 is 1.00 bits per heavy atom. The molecule has 0 saturated heterocycles. The first-order chi connectivity index (χ1) is 13.5. The maximum atomic E-state index is 11.3. The largest absolute Gasteiger partial charge is 0.494 e. The highest BCUT2D eigenvalue weighted by molar-refractivity contribution is 9.10. The Bertz CT molecular complexity index is 1170. The van der Waals surface area contributed by atoms with Crippen molar-refractivity contribution in [1.82, 2.24) is 19.9 Å². The number of carbonyl (C=O) groups excluding carboxylic acids is 1. The van der Waals surface area contributed by atoms with Crippen molar-refractivity contribution in [2.45, 2.75) is 0 Å². The minimum absolute atomic E-state index is 0.0289. The number of carboxylic acid groups (broad SMARTS) is 1. The minimum atomic E-state index is -1.06. The number of fused-ring (bicyclic) bond motifs is 2. The Labute approximate surface area is 166 Å². The number of hydrogen-bond donors (Lipinski definition) is 3. The maximum absolute atomic E-state index is 11.3. The molecule has 0 aromatic carbocycles. The summed E-state index contributed by atoms with van der Waals surface area (Å²) in [7, 11) is 2.77. The van der Waals surface area contributed by atoms with Gasteiger partial charge < -0.3 is 24.5 Å². The van der Waals surface area contributed by atoms with Crippen LogP contribution in [-0.4, -0.2) is 51.2 Å². The fourth-order valence-electron chi connectivity index (χ4n) is 2.59. The quantitative estimate of drug-likeness (QED) is 0.411. The van der Waals surface area contributed by atoms with E-state index in [4.69, 9.17) is 9.84 Å². The number of pyridine rings is 2. The zero-order chi connectivity index (χ0) is 20.3. The Balaban J connectivity index is 0.000000161. The molecule has 3 N–H and O–H groups in total. The monoisotopic (exact) mass is 446 g/mol.